The molecular formula is C15H18F2O2S. The summed E-state index contributed by atoms with van der Waals surface area (Å²) in [6.45, 7) is 0. The van der Waals surface area contributed by atoms with Crippen molar-refractivity contribution in [3.05, 3.63) is 35.4 Å². The van der Waals surface area contributed by atoms with Crippen LogP contribution in [0.3, 0.4) is 0 Å². The fourth-order valence-electron chi connectivity index (χ4n) is 3.56. The Morgan fingerprint density at radius 1 is 1.25 bits per heavy atom. The molecule has 0 spiro atoms. The molecule has 3 rings (SSSR count). The minimum atomic E-state index is -1.06. The minimum Gasteiger partial charge on any atom is -0.389 e. The average molecular weight is 300 g/mol. The summed E-state index contributed by atoms with van der Waals surface area (Å²) in [6, 6.07) is 4.05. The normalized spacial score (nSPS) is 36.9. The van der Waals surface area contributed by atoms with E-state index in [9.17, 15) is 18.1 Å². The van der Waals surface area contributed by atoms with Crippen LogP contribution < -0.4 is 0 Å². The first kappa shape index (κ1) is 14.1. The molecule has 2 saturated heterocycles. The van der Waals surface area contributed by atoms with E-state index in [2.05, 4.69) is 0 Å². The quantitative estimate of drug-likeness (QED) is 0.912. The van der Waals surface area contributed by atoms with Gasteiger partial charge in [0.1, 0.15) is 0 Å². The van der Waals surface area contributed by atoms with E-state index in [1.807, 2.05) is 0 Å². The van der Waals surface area contributed by atoms with E-state index in [0.717, 1.165) is 25.3 Å². The topological polar surface area (TPSA) is 37.3 Å². The van der Waals surface area contributed by atoms with Crippen molar-refractivity contribution in [2.45, 2.75) is 54.6 Å². The highest BCUT2D eigenvalue weighted by molar-refractivity contribution is 7.86. The number of fused-ring (bicyclic) bond motifs is 2. The van der Waals surface area contributed by atoms with Gasteiger partial charge in [0.15, 0.2) is 11.6 Å². The maximum Gasteiger partial charge on any atom is 0.162 e. The van der Waals surface area contributed by atoms with Crippen LogP contribution in [0.1, 0.15) is 37.7 Å². The predicted octanol–water partition coefficient (Wildman–Crippen LogP) is 2.70. The standard InChI is InChI=1S/C15H18F2O2S/c16-13-6-1-3-10(14(13)17)7-15(18)8-11-4-2-5-12(9-15)20(11)19/h1,3,6,11-12,18H,2,4-5,7-9H2. The van der Waals surface area contributed by atoms with Gasteiger partial charge in [0.25, 0.3) is 0 Å². The predicted molar refractivity (Wildman–Crippen MR) is 73.8 cm³/mol. The lowest BCUT2D eigenvalue weighted by molar-refractivity contribution is 0.0106. The molecule has 2 unspecified atom stereocenters. The van der Waals surface area contributed by atoms with Crippen LogP contribution in [0.15, 0.2) is 18.2 Å². The molecule has 0 amide bonds. The highest BCUT2D eigenvalue weighted by Crippen LogP contribution is 2.41. The number of hydrogen-bond donors (Lipinski definition) is 1. The number of benzene rings is 1. The van der Waals surface area contributed by atoms with Crippen molar-refractivity contribution in [1.29, 1.82) is 0 Å². The third-order valence-corrected chi connectivity index (χ3v) is 6.59. The lowest BCUT2D eigenvalue weighted by Crippen LogP contribution is -2.50. The first-order chi connectivity index (χ1) is 9.48. The molecule has 2 atom stereocenters. The van der Waals surface area contributed by atoms with Crippen LogP contribution in [0, 0.1) is 11.6 Å². The van der Waals surface area contributed by atoms with Gasteiger partial charge in [0.2, 0.25) is 0 Å². The fourth-order valence-corrected chi connectivity index (χ4v) is 5.85. The van der Waals surface area contributed by atoms with E-state index in [0.29, 0.717) is 12.8 Å². The summed E-state index contributed by atoms with van der Waals surface area (Å²) in [7, 11) is -0.878. The van der Waals surface area contributed by atoms with E-state index in [1.54, 1.807) is 0 Å². The Balaban J connectivity index is 1.83. The van der Waals surface area contributed by atoms with Gasteiger partial charge in [0.05, 0.1) is 5.60 Å². The molecule has 2 heterocycles. The lowest BCUT2D eigenvalue weighted by Gasteiger charge is -2.43. The molecule has 5 heteroatoms. The molecule has 1 aromatic rings. The van der Waals surface area contributed by atoms with E-state index >= 15 is 0 Å². The van der Waals surface area contributed by atoms with Crippen molar-refractivity contribution < 1.29 is 18.1 Å². The van der Waals surface area contributed by atoms with Crippen molar-refractivity contribution in [3.63, 3.8) is 0 Å². The molecule has 2 bridgehead atoms. The average Bonchev–Trinajstić information content (AvgIpc) is 2.37. The van der Waals surface area contributed by atoms with Gasteiger partial charge in [-0.25, -0.2) is 8.78 Å². The maximum absolute atomic E-state index is 13.7. The highest BCUT2D eigenvalue weighted by Gasteiger charge is 2.45. The van der Waals surface area contributed by atoms with Crippen LogP contribution >= 0.6 is 0 Å². The van der Waals surface area contributed by atoms with Gasteiger partial charge in [0, 0.05) is 27.7 Å². The van der Waals surface area contributed by atoms with Crippen LogP contribution in [-0.2, 0) is 17.2 Å². The molecular weight excluding hydrogens is 282 g/mol. The van der Waals surface area contributed by atoms with Crippen molar-refractivity contribution in [3.8, 4) is 0 Å². The molecule has 0 saturated carbocycles. The number of hydrogen-bond acceptors (Lipinski definition) is 2. The summed E-state index contributed by atoms with van der Waals surface area (Å²) in [4.78, 5) is 0. The Bertz CT molecular complexity index is 531. The van der Waals surface area contributed by atoms with Crippen molar-refractivity contribution in [2.75, 3.05) is 0 Å². The zero-order valence-electron chi connectivity index (χ0n) is 11.1. The fraction of sp³-hybridized carbons (Fsp3) is 0.600. The van der Waals surface area contributed by atoms with Crippen LogP contribution in [0.5, 0.6) is 0 Å². The first-order valence-corrected chi connectivity index (χ1v) is 8.31. The Labute approximate surface area is 119 Å². The van der Waals surface area contributed by atoms with Gasteiger partial charge in [-0.15, -0.1) is 0 Å². The second-order valence-electron chi connectivity index (χ2n) is 6.03. The van der Waals surface area contributed by atoms with Gasteiger partial charge in [-0.1, -0.05) is 18.6 Å². The van der Waals surface area contributed by atoms with Crippen molar-refractivity contribution in [2.24, 2.45) is 0 Å². The number of halogens is 2. The monoisotopic (exact) mass is 300 g/mol. The van der Waals surface area contributed by atoms with Gasteiger partial charge in [-0.05, 0) is 37.3 Å². The van der Waals surface area contributed by atoms with E-state index in [-0.39, 0.29) is 22.5 Å². The molecule has 0 aromatic heterocycles. The van der Waals surface area contributed by atoms with E-state index in [4.69, 9.17) is 0 Å². The summed E-state index contributed by atoms with van der Waals surface area (Å²) >= 11 is 0. The number of rotatable bonds is 2. The van der Waals surface area contributed by atoms with Crippen LogP contribution in [0.2, 0.25) is 0 Å². The molecule has 1 N–H and O–H groups in total. The Hall–Kier alpha value is -0.810. The number of aliphatic hydroxyl groups is 1. The molecule has 20 heavy (non-hydrogen) atoms. The molecule has 0 aliphatic carbocycles. The van der Waals surface area contributed by atoms with Crippen LogP contribution in [0.25, 0.3) is 0 Å². The third kappa shape index (κ3) is 2.53. The molecule has 2 fully saturated rings. The maximum atomic E-state index is 13.7. The SMILES string of the molecule is O=S1C2CCCC1CC(O)(Cc1cccc(F)c1F)C2. The highest BCUT2D eigenvalue weighted by atomic mass is 32.2. The zero-order valence-corrected chi connectivity index (χ0v) is 12.0. The molecule has 110 valence electrons. The summed E-state index contributed by atoms with van der Waals surface area (Å²) in [6.07, 6.45) is 3.71. The molecule has 2 aliphatic rings. The summed E-state index contributed by atoms with van der Waals surface area (Å²) in [5, 5.41) is 10.7. The molecule has 2 aliphatic heterocycles. The van der Waals surface area contributed by atoms with Gasteiger partial charge < -0.3 is 5.11 Å². The van der Waals surface area contributed by atoms with Gasteiger partial charge in [-0.3, -0.25) is 4.21 Å². The van der Waals surface area contributed by atoms with Crippen molar-refractivity contribution >= 4 is 10.8 Å². The molecule has 1 aromatic carbocycles. The second kappa shape index (κ2) is 5.19. The Kier molecular flexibility index (Phi) is 3.67. The lowest BCUT2D eigenvalue weighted by atomic mass is 9.81. The van der Waals surface area contributed by atoms with Crippen molar-refractivity contribution in [1.82, 2.24) is 0 Å². The second-order valence-corrected chi connectivity index (χ2v) is 8.02. The minimum absolute atomic E-state index is 0.00382. The van der Waals surface area contributed by atoms with Crippen LogP contribution in [-0.4, -0.2) is 25.4 Å². The molecule has 0 radical (unpaired) electrons. The Morgan fingerprint density at radius 2 is 1.90 bits per heavy atom. The largest absolute Gasteiger partial charge is 0.389 e. The zero-order chi connectivity index (χ0) is 14.3. The van der Waals surface area contributed by atoms with E-state index < -0.39 is 28.0 Å². The summed E-state index contributed by atoms with van der Waals surface area (Å²) in [5.74, 6) is -1.76. The smallest absolute Gasteiger partial charge is 0.162 e. The van der Waals surface area contributed by atoms with E-state index in [1.165, 1.54) is 12.1 Å². The first-order valence-electron chi connectivity index (χ1n) is 7.03. The van der Waals surface area contributed by atoms with Gasteiger partial charge in [-0.2, -0.15) is 0 Å². The Morgan fingerprint density at radius 3 is 2.55 bits per heavy atom. The van der Waals surface area contributed by atoms with Crippen LogP contribution in [0.4, 0.5) is 8.78 Å². The van der Waals surface area contributed by atoms with Gasteiger partial charge >= 0.3 is 0 Å². The summed E-state index contributed by atoms with van der Waals surface area (Å²) < 4.78 is 39.1. The molecule has 2 nitrogen and oxygen atoms in total. The third-order valence-electron chi connectivity index (χ3n) is 4.48. The summed E-state index contributed by atoms with van der Waals surface area (Å²) in [5.41, 5.74) is -0.851.